The second-order valence-electron chi connectivity index (χ2n) is 4.34. The first kappa shape index (κ1) is 17.1. The smallest absolute Gasteiger partial charge is 0.328 e. The number of rotatable bonds is 7. The molecule has 0 rings (SSSR count). The highest BCUT2D eigenvalue weighted by Gasteiger charge is 2.05. The first-order valence-corrected chi connectivity index (χ1v) is 6.03. The van der Waals surface area contributed by atoms with Gasteiger partial charge in [-0.15, -0.1) is 0 Å². The van der Waals surface area contributed by atoms with Crippen LogP contribution in [0.15, 0.2) is 12.2 Å². The maximum Gasteiger partial charge on any atom is 0.328 e. The number of amides is 3. The van der Waals surface area contributed by atoms with Gasteiger partial charge in [0, 0.05) is 24.7 Å². The molecule has 0 fully saturated rings. The van der Waals surface area contributed by atoms with Gasteiger partial charge in [0.25, 0.3) is 5.91 Å². The molecule has 0 heterocycles. The van der Waals surface area contributed by atoms with Gasteiger partial charge in [-0.3, -0.25) is 10.1 Å². The molecule has 7 nitrogen and oxygen atoms in total. The van der Waals surface area contributed by atoms with E-state index >= 15 is 0 Å². The van der Waals surface area contributed by atoms with Crippen molar-refractivity contribution in [1.29, 1.82) is 0 Å². The maximum atomic E-state index is 11.2. The largest absolute Gasteiger partial charge is 0.478 e. The minimum atomic E-state index is -1.24. The highest BCUT2D eigenvalue weighted by Crippen LogP contribution is 1.93. The number of imide groups is 1. The lowest BCUT2D eigenvalue weighted by atomic mass is 10.3. The van der Waals surface area contributed by atoms with Gasteiger partial charge in [-0.2, -0.15) is 0 Å². The number of carbonyl (C=O) groups is 3. The first-order valence-electron chi connectivity index (χ1n) is 6.03. The minimum absolute atomic E-state index is 0.441. The molecule has 0 atom stereocenters. The molecule has 0 unspecified atom stereocenters. The van der Waals surface area contributed by atoms with Crippen molar-refractivity contribution in [2.45, 2.75) is 26.3 Å². The zero-order valence-electron chi connectivity index (χ0n) is 11.5. The van der Waals surface area contributed by atoms with Gasteiger partial charge in [-0.25, -0.2) is 9.59 Å². The standard InChI is InChI=1S/C12H21N3O4/c1-9(2)15(3)8-4-7-13-12(19)14-10(16)5-6-11(17)18/h5-6,9H,4,7-8H2,1-3H3,(H,17,18)(H2,13,14,16,19)/b6-5+. The average Bonchev–Trinajstić information content (AvgIpc) is 2.31. The SMILES string of the molecule is CC(C)N(C)CCCNC(=O)NC(=O)/C=C/C(=O)O. The summed E-state index contributed by atoms with van der Waals surface area (Å²) in [7, 11) is 1.99. The van der Waals surface area contributed by atoms with Crippen molar-refractivity contribution >= 4 is 17.9 Å². The van der Waals surface area contributed by atoms with E-state index in [0.29, 0.717) is 18.7 Å². The van der Waals surface area contributed by atoms with Gasteiger partial charge >= 0.3 is 12.0 Å². The first-order chi connectivity index (χ1) is 8.82. The van der Waals surface area contributed by atoms with E-state index in [1.807, 2.05) is 12.4 Å². The highest BCUT2D eigenvalue weighted by atomic mass is 16.4. The molecule has 0 radical (unpaired) electrons. The summed E-state index contributed by atoms with van der Waals surface area (Å²) in [5.41, 5.74) is 0. The maximum absolute atomic E-state index is 11.2. The Bertz CT molecular complexity index is 353. The second-order valence-corrected chi connectivity index (χ2v) is 4.34. The van der Waals surface area contributed by atoms with Gasteiger partial charge in [-0.1, -0.05) is 0 Å². The summed E-state index contributed by atoms with van der Waals surface area (Å²) in [5.74, 6) is -2.01. The third-order valence-electron chi connectivity index (χ3n) is 2.47. The third-order valence-corrected chi connectivity index (χ3v) is 2.47. The van der Waals surface area contributed by atoms with Gasteiger partial charge < -0.3 is 15.3 Å². The zero-order valence-corrected chi connectivity index (χ0v) is 11.5. The van der Waals surface area contributed by atoms with Crippen LogP contribution in [0.2, 0.25) is 0 Å². The number of carbonyl (C=O) groups excluding carboxylic acids is 2. The van der Waals surface area contributed by atoms with Crippen molar-refractivity contribution in [3.8, 4) is 0 Å². The Kier molecular flexibility index (Phi) is 8.19. The van der Waals surface area contributed by atoms with Crippen LogP contribution in [0, 0.1) is 0 Å². The Labute approximate surface area is 112 Å². The summed E-state index contributed by atoms with van der Waals surface area (Å²) in [6, 6.07) is -0.191. The predicted molar refractivity (Wildman–Crippen MR) is 70.7 cm³/mol. The molecule has 108 valence electrons. The quantitative estimate of drug-likeness (QED) is 0.453. The van der Waals surface area contributed by atoms with Crippen molar-refractivity contribution in [2.24, 2.45) is 0 Å². The molecule has 0 aromatic heterocycles. The summed E-state index contributed by atoms with van der Waals surface area (Å²) in [6.07, 6.45) is 2.22. The van der Waals surface area contributed by atoms with E-state index in [1.165, 1.54) is 0 Å². The van der Waals surface area contributed by atoms with E-state index in [9.17, 15) is 14.4 Å². The van der Waals surface area contributed by atoms with Gasteiger partial charge in [-0.05, 0) is 33.9 Å². The molecule has 0 saturated carbocycles. The van der Waals surface area contributed by atoms with Crippen LogP contribution in [0.4, 0.5) is 4.79 Å². The topological polar surface area (TPSA) is 98.7 Å². The number of nitrogens with one attached hydrogen (secondary N) is 2. The van der Waals surface area contributed by atoms with Crippen molar-refractivity contribution in [3.63, 3.8) is 0 Å². The molecule has 0 aromatic rings. The predicted octanol–water partition coefficient (Wildman–Crippen LogP) is 0.183. The van der Waals surface area contributed by atoms with E-state index < -0.39 is 17.9 Å². The van der Waals surface area contributed by atoms with Crippen molar-refractivity contribution in [2.75, 3.05) is 20.1 Å². The van der Waals surface area contributed by atoms with E-state index in [1.54, 1.807) is 0 Å². The lowest BCUT2D eigenvalue weighted by Crippen LogP contribution is -2.40. The van der Waals surface area contributed by atoms with Gasteiger partial charge in [0.2, 0.25) is 0 Å². The number of aliphatic carboxylic acids is 1. The van der Waals surface area contributed by atoms with Crippen LogP contribution in [0.5, 0.6) is 0 Å². The Morgan fingerprint density at radius 1 is 1.26 bits per heavy atom. The summed E-state index contributed by atoms with van der Waals surface area (Å²) >= 11 is 0. The normalized spacial score (nSPS) is 11.0. The molecule has 0 bridgehead atoms. The van der Waals surface area contributed by atoms with Crippen LogP contribution in [0.25, 0.3) is 0 Å². The zero-order chi connectivity index (χ0) is 14.8. The molecular formula is C12H21N3O4. The fraction of sp³-hybridized carbons (Fsp3) is 0.583. The van der Waals surface area contributed by atoms with Crippen molar-refractivity contribution < 1.29 is 19.5 Å². The molecule has 19 heavy (non-hydrogen) atoms. The van der Waals surface area contributed by atoms with Crippen molar-refractivity contribution in [1.82, 2.24) is 15.5 Å². The second kappa shape index (κ2) is 9.09. The van der Waals surface area contributed by atoms with Crippen LogP contribution in [0.3, 0.4) is 0 Å². The lowest BCUT2D eigenvalue weighted by molar-refractivity contribution is -0.131. The van der Waals surface area contributed by atoms with Crippen molar-refractivity contribution in [3.05, 3.63) is 12.2 Å². The summed E-state index contributed by atoms with van der Waals surface area (Å²) in [6.45, 7) is 5.44. The van der Waals surface area contributed by atoms with E-state index in [0.717, 1.165) is 19.0 Å². The van der Waals surface area contributed by atoms with Crippen LogP contribution in [-0.4, -0.2) is 54.1 Å². The third kappa shape index (κ3) is 9.78. The molecule has 7 heteroatoms. The molecule has 0 saturated heterocycles. The van der Waals surface area contributed by atoms with E-state index in [4.69, 9.17) is 5.11 Å². The summed E-state index contributed by atoms with van der Waals surface area (Å²) < 4.78 is 0. The highest BCUT2D eigenvalue weighted by molar-refractivity contribution is 6.02. The molecule has 0 aliphatic carbocycles. The van der Waals surface area contributed by atoms with Crippen LogP contribution >= 0.6 is 0 Å². The van der Waals surface area contributed by atoms with Gasteiger partial charge in [0.1, 0.15) is 0 Å². The number of hydrogen-bond donors (Lipinski definition) is 3. The molecule has 3 amide bonds. The Balaban J connectivity index is 3.76. The lowest BCUT2D eigenvalue weighted by Gasteiger charge is -2.20. The summed E-state index contributed by atoms with van der Waals surface area (Å²) in [4.78, 5) is 34.6. The Hall–Kier alpha value is -1.89. The minimum Gasteiger partial charge on any atom is -0.478 e. The van der Waals surface area contributed by atoms with E-state index in [2.05, 4.69) is 24.1 Å². The summed E-state index contributed by atoms with van der Waals surface area (Å²) in [5, 5.41) is 12.8. The fourth-order valence-corrected chi connectivity index (χ4v) is 1.13. The van der Waals surface area contributed by atoms with Gasteiger partial charge in [0.15, 0.2) is 0 Å². The fourth-order valence-electron chi connectivity index (χ4n) is 1.13. The van der Waals surface area contributed by atoms with Crippen LogP contribution in [0.1, 0.15) is 20.3 Å². The molecule has 0 aliphatic rings. The van der Waals surface area contributed by atoms with Gasteiger partial charge in [0.05, 0.1) is 0 Å². The molecule has 0 aromatic carbocycles. The number of carboxylic acids is 1. The van der Waals surface area contributed by atoms with E-state index in [-0.39, 0.29) is 0 Å². The van der Waals surface area contributed by atoms with Crippen LogP contribution in [-0.2, 0) is 9.59 Å². The number of carboxylic acid groups (broad SMARTS) is 1. The molecular weight excluding hydrogens is 250 g/mol. The van der Waals surface area contributed by atoms with Crippen LogP contribution < -0.4 is 10.6 Å². The monoisotopic (exact) mass is 271 g/mol. The average molecular weight is 271 g/mol. The number of urea groups is 1. The number of nitrogens with zero attached hydrogens (tertiary/aromatic N) is 1. The molecule has 0 aliphatic heterocycles. The Morgan fingerprint density at radius 2 is 1.89 bits per heavy atom. The number of hydrogen-bond acceptors (Lipinski definition) is 4. The molecule has 0 spiro atoms. The Morgan fingerprint density at radius 3 is 2.42 bits per heavy atom. The molecule has 3 N–H and O–H groups in total.